The first-order valence-electron chi connectivity index (χ1n) is 4.61. The molecule has 0 fully saturated rings. The summed E-state index contributed by atoms with van der Waals surface area (Å²) in [6, 6.07) is 1.48. The van der Waals surface area contributed by atoms with Gasteiger partial charge >= 0.3 is 6.18 Å². The molecule has 0 aliphatic carbocycles. The van der Waals surface area contributed by atoms with Crippen molar-refractivity contribution in [2.75, 3.05) is 7.11 Å². The van der Waals surface area contributed by atoms with Crippen molar-refractivity contribution < 1.29 is 17.9 Å². The number of rotatable bonds is 2. The number of aromatic nitrogens is 4. The molecule has 0 saturated carbocycles. The van der Waals surface area contributed by atoms with Gasteiger partial charge in [0.05, 0.1) is 11.6 Å². The minimum absolute atomic E-state index is 0.00875. The summed E-state index contributed by atoms with van der Waals surface area (Å²) in [4.78, 5) is 7.69. The van der Waals surface area contributed by atoms with E-state index in [1.165, 1.54) is 19.4 Å². The number of methoxy groups -OCH3 is 1. The highest BCUT2D eigenvalue weighted by molar-refractivity contribution is 9.10. The third-order valence-corrected chi connectivity index (χ3v) is 2.55. The van der Waals surface area contributed by atoms with Gasteiger partial charge in [0.1, 0.15) is 0 Å². The molecule has 0 aromatic carbocycles. The maximum atomic E-state index is 12.6. The molecule has 2 aromatic rings. The van der Waals surface area contributed by atoms with Crippen LogP contribution in [0.3, 0.4) is 0 Å². The predicted molar refractivity (Wildman–Crippen MR) is 58.4 cm³/mol. The van der Waals surface area contributed by atoms with Gasteiger partial charge in [0.2, 0.25) is 5.88 Å². The molecule has 5 nitrogen and oxygen atoms in total. The molecule has 0 atom stereocenters. The molecular weight excluding hydrogens is 317 g/mol. The van der Waals surface area contributed by atoms with Crippen LogP contribution in [0, 0.1) is 0 Å². The lowest BCUT2D eigenvalue weighted by molar-refractivity contribution is -0.141. The predicted octanol–water partition coefficient (Wildman–Crippen LogP) is 2.45. The number of nitrogens with zero attached hydrogens (tertiary/aromatic N) is 4. The average Bonchev–Trinajstić information content (AvgIpc) is 2.71. The van der Waals surface area contributed by atoms with E-state index in [4.69, 9.17) is 4.74 Å². The molecule has 0 amide bonds. The minimum atomic E-state index is -4.54. The molecule has 0 unspecified atom stereocenters. The smallest absolute Gasteiger partial charge is 0.436 e. The Bertz CT molecular complexity index is 569. The number of alkyl halides is 3. The Kier molecular flexibility index (Phi) is 3.24. The molecule has 0 N–H and O–H groups in total. The zero-order valence-electron chi connectivity index (χ0n) is 8.94. The maximum absolute atomic E-state index is 12.6. The lowest BCUT2D eigenvalue weighted by atomic mass is 10.4. The lowest BCUT2D eigenvalue weighted by Crippen LogP contribution is -2.09. The number of hydrogen-bond acceptors (Lipinski definition) is 4. The van der Waals surface area contributed by atoms with Gasteiger partial charge in [-0.25, -0.2) is 9.67 Å². The van der Waals surface area contributed by atoms with Gasteiger partial charge in [-0.2, -0.15) is 23.3 Å². The fourth-order valence-electron chi connectivity index (χ4n) is 1.20. The van der Waals surface area contributed by atoms with E-state index in [1.54, 1.807) is 0 Å². The molecule has 2 heterocycles. The Labute approximate surface area is 108 Å². The average molecular weight is 323 g/mol. The van der Waals surface area contributed by atoms with Crippen LogP contribution >= 0.6 is 15.9 Å². The third kappa shape index (κ3) is 2.45. The molecule has 18 heavy (non-hydrogen) atoms. The number of ether oxygens (including phenoxy) is 1. The van der Waals surface area contributed by atoms with Crippen LogP contribution < -0.4 is 4.74 Å². The molecule has 0 aliphatic rings. The van der Waals surface area contributed by atoms with E-state index in [9.17, 15) is 13.2 Å². The van der Waals surface area contributed by atoms with Gasteiger partial charge in [-0.15, -0.1) is 0 Å². The van der Waals surface area contributed by atoms with Crippen LogP contribution in [0.15, 0.2) is 22.9 Å². The molecule has 96 valence electrons. The van der Waals surface area contributed by atoms with Crippen molar-refractivity contribution in [2.45, 2.75) is 6.18 Å². The van der Waals surface area contributed by atoms with Crippen molar-refractivity contribution in [3.8, 4) is 11.8 Å². The van der Waals surface area contributed by atoms with Crippen molar-refractivity contribution in [1.82, 2.24) is 19.7 Å². The van der Waals surface area contributed by atoms with Gasteiger partial charge in [0.15, 0.2) is 5.69 Å². The van der Waals surface area contributed by atoms with Crippen molar-refractivity contribution in [3.05, 3.63) is 28.6 Å². The third-order valence-electron chi connectivity index (χ3n) is 1.97. The van der Waals surface area contributed by atoms with E-state index < -0.39 is 11.9 Å². The molecular formula is C9H6BrF3N4O. The minimum Gasteiger partial charge on any atom is -0.481 e. The van der Waals surface area contributed by atoms with E-state index in [0.717, 1.165) is 10.9 Å². The summed E-state index contributed by atoms with van der Waals surface area (Å²) >= 11 is 2.80. The topological polar surface area (TPSA) is 52.8 Å². The van der Waals surface area contributed by atoms with E-state index in [0.29, 0.717) is 0 Å². The molecule has 0 radical (unpaired) electrons. The van der Waals surface area contributed by atoms with Crippen LogP contribution in [0.25, 0.3) is 5.95 Å². The fourth-order valence-corrected chi connectivity index (χ4v) is 1.70. The zero-order chi connectivity index (χ0) is 13.3. The largest absolute Gasteiger partial charge is 0.481 e. The Morgan fingerprint density at radius 3 is 2.67 bits per heavy atom. The first kappa shape index (κ1) is 12.8. The van der Waals surface area contributed by atoms with Crippen LogP contribution in [0.5, 0.6) is 5.88 Å². The molecule has 2 rings (SSSR count). The normalized spacial score (nSPS) is 11.6. The lowest BCUT2D eigenvalue weighted by Gasteiger charge is -2.03. The van der Waals surface area contributed by atoms with E-state index >= 15 is 0 Å². The second-order valence-electron chi connectivity index (χ2n) is 3.17. The summed E-state index contributed by atoms with van der Waals surface area (Å²) in [6.07, 6.45) is -2.04. The van der Waals surface area contributed by atoms with Crippen molar-refractivity contribution >= 4 is 15.9 Å². The molecule has 2 aromatic heterocycles. The van der Waals surface area contributed by atoms with Crippen LogP contribution in [0.1, 0.15) is 5.69 Å². The summed E-state index contributed by atoms with van der Waals surface area (Å²) < 4.78 is 43.3. The monoisotopic (exact) mass is 322 g/mol. The van der Waals surface area contributed by atoms with Gasteiger partial charge in [-0.3, -0.25) is 0 Å². The molecule has 0 saturated heterocycles. The van der Waals surface area contributed by atoms with Crippen molar-refractivity contribution in [2.24, 2.45) is 0 Å². The molecule has 0 aliphatic heterocycles. The van der Waals surface area contributed by atoms with Gasteiger partial charge in [0, 0.05) is 18.5 Å². The highest BCUT2D eigenvalue weighted by atomic mass is 79.9. The fraction of sp³-hybridized carbons (Fsp3) is 0.222. The number of hydrogen-bond donors (Lipinski definition) is 0. The maximum Gasteiger partial charge on any atom is 0.436 e. The molecule has 9 heteroatoms. The summed E-state index contributed by atoms with van der Waals surface area (Å²) in [5, 5.41) is 3.39. The van der Waals surface area contributed by atoms with Gasteiger partial charge in [-0.1, -0.05) is 0 Å². The first-order chi connectivity index (χ1) is 8.41. The van der Waals surface area contributed by atoms with Crippen molar-refractivity contribution in [3.63, 3.8) is 0 Å². The quantitative estimate of drug-likeness (QED) is 0.852. The van der Waals surface area contributed by atoms with E-state index in [2.05, 4.69) is 31.0 Å². The summed E-state index contributed by atoms with van der Waals surface area (Å²) in [6.45, 7) is 0. The van der Waals surface area contributed by atoms with Gasteiger partial charge < -0.3 is 4.74 Å². The van der Waals surface area contributed by atoms with Crippen LogP contribution in [-0.4, -0.2) is 26.9 Å². The second-order valence-corrected chi connectivity index (χ2v) is 4.02. The van der Waals surface area contributed by atoms with Crippen molar-refractivity contribution in [1.29, 1.82) is 0 Å². The zero-order valence-corrected chi connectivity index (χ0v) is 10.5. The summed E-state index contributed by atoms with van der Waals surface area (Å²) in [7, 11) is 1.40. The van der Waals surface area contributed by atoms with Crippen LogP contribution in [-0.2, 0) is 6.18 Å². The molecule has 0 bridgehead atoms. The van der Waals surface area contributed by atoms with Crippen LogP contribution in [0.2, 0.25) is 0 Å². The summed E-state index contributed by atoms with van der Waals surface area (Å²) in [5.41, 5.74) is -1.03. The Hall–Kier alpha value is -1.64. The SMILES string of the molecule is COc1ccnc(-n2cc(Br)c(C(F)(F)F)n2)n1. The van der Waals surface area contributed by atoms with E-state index in [1.807, 2.05) is 0 Å². The molecule has 0 spiro atoms. The Morgan fingerprint density at radius 2 is 2.11 bits per heavy atom. The first-order valence-corrected chi connectivity index (χ1v) is 5.41. The second kappa shape index (κ2) is 4.56. The standard InChI is InChI=1S/C9H6BrF3N4O/c1-18-6-2-3-14-8(15-6)17-4-5(10)7(16-17)9(11,12)13/h2-4H,1H3. The van der Waals surface area contributed by atoms with Crippen LogP contribution in [0.4, 0.5) is 13.2 Å². The number of halogens is 4. The van der Waals surface area contributed by atoms with Gasteiger partial charge in [-0.05, 0) is 15.9 Å². The Balaban J connectivity index is 2.46. The van der Waals surface area contributed by atoms with E-state index in [-0.39, 0.29) is 16.3 Å². The Morgan fingerprint density at radius 1 is 1.39 bits per heavy atom. The highest BCUT2D eigenvalue weighted by Gasteiger charge is 2.37. The van der Waals surface area contributed by atoms with Gasteiger partial charge in [0.25, 0.3) is 5.95 Å². The highest BCUT2D eigenvalue weighted by Crippen LogP contribution is 2.33. The summed E-state index contributed by atoms with van der Waals surface area (Å²) in [5.74, 6) is 0.228.